The second-order valence-electron chi connectivity index (χ2n) is 9.73. The van der Waals surface area contributed by atoms with Crippen LogP contribution in [0.3, 0.4) is 0 Å². The van der Waals surface area contributed by atoms with Gasteiger partial charge in [0.15, 0.2) is 6.10 Å². The van der Waals surface area contributed by atoms with Crippen molar-refractivity contribution in [3.63, 3.8) is 0 Å². The molecule has 1 heterocycles. The Morgan fingerprint density at radius 1 is 0.857 bits per heavy atom. The molecule has 0 aromatic rings. The second-order valence-corrected chi connectivity index (χ2v) is 9.73. The molecule has 1 aliphatic rings. The molecule has 3 atom stereocenters. The molecule has 1 rings (SSSR count). The summed E-state index contributed by atoms with van der Waals surface area (Å²) >= 11 is 0. The summed E-state index contributed by atoms with van der Waals surface area (Å²) < 4.78 is 16.5. The molecule has 0 radical (unpaired) electrons. The zero-order valence-corrected chi connectivity index (χ0v) is 18.6. The Bertz CT molecular complexity index is 540. The molecule has 6 nitrogen and oxygen atoms in total. The van der Waals surface area contributed by atoms with Crippen LogP contribution in [-0.2, 0) is 28.6 Å². The van der Waals surface area contributed by atoms with Gasteiger partial charge in [0.05, 0.1) is 10.8 Å². The Kier molecular flexibility index (Phi) is 8.96. The zero-order valence-electron chi connectivity index (χ0n) is 18.6. The van der Waals surface area contributed by atoms with Gasteiger partial charge < -0.3 is 14.2 Å². The van der Waals surface area contributed by atoms with Gasteiger partial charge in [-0.15, -0.1) is 0 Å². The maximum absolute atomic E-state index is 12.4. The van der Waals surface area contributed by atoms with E-state index in [1.165, 1.54) is 19.3 Å². The van der Waals surface area contributed by atoms with Crippen LogP contribution in [-0.4, -0.2) is 36.2 Å². The third kappa shape index (κ3) is 7.44. The van der Waals surface area contributed by atoms with Crippen molar-refractivity contribution in [2.75, 3.05) is 0 Å². The first-order valence-corrected chi connectivity index (χ1v) is 10.5. The molecule has 28 heavy (non-hydrogen) atoms. The second kappa shape index (κ2) is 10.3. The molecule has 6 heteroatoms. The average molecular weight is 399 g/mol. The van der Waals surface area contributed by atoms with E-state index in [0.717, 1.165) is 19.3 Å². The smallest absolute Gasteiger partial charge is 0.352 e. The van der Waals surface area contributed by atoms with Crippen molar-refractivity contribution in [3.05, 3.63) is 0 Å². The van der Waals surface area contributed by atoms with E-state index in [2.05, 4.69) is 6.92 Å². The summed E-state index contributed by atoms with van der Waals surface area (Å²) in [6.45, 7) is 12.5. The molecule has 0 aliphatic carbocycles. The number of hydrogen-bond acceptors (Lipinski definition) is 6. The Morgan fingerprint density at radius 3 is 1.89 bits per heavy atom. The van der Waals surface area contributed by atoms with Gasteiger partial charge in [0.2, 0.25) is 6.10 Å². The van der Waals surface area contributed by atoms with Crippen molar-refractivity contribution in [3.8, 4) is 0 Å². The lowest BCUT2D eigenvalue weighted by molar-refractivity contribution is -0.177. The van der Waals surface area contributed by atoms with Crippen molar-refractivity contribution < 1.29 is 28.6 Å². The summed E-state index contributed by atoms with van der Waals surface area (Å²) in [5.41, 5.74) is -1.49. The number of esters is 3. The van der Waals surface area contributed by atoms with Crippen LogP contribution in [0.1, 0.15) is 93.4 Å². The Morgan fingerprint density at radius 2 is 1.36 bits per heavy atom. The molecular formula is C22H38O6. The van der Waals surface area contributed by atoms with Gasteiger partial charge in [-0.3, -0.25) is 9.59 Å². The summed E-state index contributed by atoms with van der Waals surface area (Å²) in [7, 11) is 0. The Balaban J connectivity index is 2.81. The SMILES string of the molecule is CCCCCCCC[C@@H]1OC(=O)[C@H](OC(=O)C(C)(C)C)[C@H]1OC(=O)C(C)(C)C. The minimum absolute atomic E-state index is 0.444. The number of carbonyl (C=O) groups is 3. The number of rotatable bonds is 9. The van der Waals surface area contributed by atoms with E-state index >= 15 is 0 Å². The van der Waals surface area contributed by atoms with Crippen LogP contribution in [0, 0.1) is 10.8 Å². The minimum Gasteiger partial charge on any atom is -0.455 e. The lowest BCUT2D eigenvalue weighted by atomic mass is 9.96. The van der Waals surface area contributed by atoms with Gasteiger partial charge in [-0.05, 0) is 54.4 Å². The summed E-state index contributed by atoms with van der Waals surface area (Å²) in [6, 6.07) is 0. The molecule has 0 bridgehead atoms. The molecular weight excluding hydrogens is 360 g/mol. The highest BCUT2D eigenvalue weighted by atomic mass is 16.7. The van der Waals surface area contributed by atoms with Crippen molar-refractivity contribution in [2.45, 2.75) is 112 Å². The summed E-state index contributed by atoms with van der Waals surface area (Å²) in [5.74, 6) is -1.60. The first-order valence-electron chi connectivity index (χ1n) is 10.5. The highest BCUT2D eigenvalue weighted by Crippen LogP contribution is 2.30. The third-order valence-corrected chi connectivity index (χ3v) is 4.71. The maximum atomic E-state index is 12.4. The highest BCUT2D eigenvalue weighted by Gasteiger charge is 2.51. The standard InChI is InChI=1S/C22H38O6/c1-8-9-10-11-12-13-14-15-16(27-19(24)21(2,3)4)17(18(23)26-15)28-20(25)22(5,6)7/h15-17H,8-14H2,1-7H3/t15-,16-,17+/m0/s1. The van der Waals surface area contributed by atoms with E-state index in [1.54, 1.807) is 41.5 Å². The van der Waals surface area contributed by atoms with Gasteiger partial charge in [0.25, 0.3) is 0 Å². The van der Waals surface area contributed by atoms with Gasteiger partial charge in [-0.2, -0.15) is 0 Å². The molecule has 0 saturated carbocycles. The van der Waals surface area contributed by atoms with E-state index in [0.29, 0.717) is 6.42 Å². The molecule has 162 valence electrons. The maximum Gasteiger partial charge on any atom is 0.352 e. The summed E-state index contributed by atoms with van der Waals surface area (Å²) in [4.78, 5) is 37.1. The largest absolute Gasteiger partial charge is 0.455 e. The number of unbranched alkanes of at least 4 members (excludes halogenated alkanes) is 5. The van der Waals surface area contributed by atoms with Gasteiger partial charge in [0, 0.05) is 0 Å². The number of hydrogen-bond donors (Lipinski definition) is 0. The monoisotopic (exact) mass is 398 g/mol. The summed E-state index contributed by atoms with van der Waals surface area (Å²) in [6.07, 6.45) is 4.52. The van der Waals surface area contributed by atoms with Gasteiger partial charge in [-0.25, -0.2) is 4.79 Å². The van der Waals surface area contributed by atoms with Crippen molar-refractivity contribution in [2.24, 2.45) is 10.8 Å². The van der Waals surface area contributed by atoms with Crippen molar-refractivity contribution in [1.82, 2.24) is 0 Å². The minimum atomic E-state index is -1.21. The fourth-order valence-corrected chi connectivity index (χ4v) is 2.81. The number of ether oxygens (including phenoxy) is 3. The Hall–Kier alpha value is -1.59. The predicted molar refractivity (Wildman–Crippen MR) is 107 cm³/mol. The topological polar surface area (TPSA) is 78.9 Å². The Labute approximate surface area is 169 Å². The quantitative estimate of drug-likeness (QED) is 0.321. The zero-order chi connectivity index (χ0) is 21.5. The van der Waals surface area contributed by atoms with Crippen LogP contribution < -0.4 is 0 Å². The van der Waals surface area contributed by atoms with Gasteiger partial charge in [-0.1, -0.05) is 39.0 Å². The molecule has 0 unspecified atom stereocenters. The van der Waals surface area contributed by atoms with Crippen LogP contribution in [0.15, 0.2) is 0 Å². The van der Waals surface area contributed by atoms with Crippen molar-refractivity contribution in [1.29, 1.82) is 0 Å². The van der Waals surface area contributed by atoms with E-state index in [4.69, 9.17) is 14.2 Å². The molecule has 1 aliphatic heterocycles. The lowest BCUT2D eigenvalue weighted by Gasteiger charge is -2.26. The predicted octanol–water partition coefficient (Wildman–Crippen LogP) is 4.58. The van der Waals surface area contributed by atoms with Gasteiger partial charge in [0.1, 0.15) is 6.10 Å². The van der Waals surface area contributed by atoms with E-state index in [9.17, 15) is 14.4 Å². The fourth-order valence-electron chi connectivity index (χ4n) is 2.81. The molecule has 1 fully saturated rings. The van der Waals surface area contributed by atoms with Crippen LogP contribution in [0.25, 0.3) is 0 Å². The molecule has 0 N–H and O–H groups in total. The van der Waals surface area contributed by atoms with E-state index < -0.39 is 47.0 Å². The normalized spacial score (nSPS) is 22.7. The third-order valence-electron chi connectivity index (χ3n) is 4.71. The first-order chi connectivity index (χ1) is 12.9. The molecule has 0 spiro atoms. The molecule has 0 aromatic carbocycles. The van der Waals surface area contributed by atoms with Crippen LogP contribution >= 0.6 is 0 Å². The van der Waals surface area contributed by atoms with Gasteiger partial charge >= 0.3 is 17.9 Å². The molecule has 0 aromatic heterocycles. The lowest BCUT2D eigenvalue weighted by Crippen LogP contribution is -2.43. The summed E-state index contributed by atoms with van der Waals surface area (Å²) in [5, 5.41) is 0. The molecule has 1 saturated heterocycles. The highest BCUT2D eigenvalue weighted by molar-refractivity contribution is 5.84. The van der Waals surface area contributed by atoms with E-state index in [1.807, 2.05) is 0 Å². The van der Waals surface area contributed by atoms with Crippen molar-refractivity contribution >= 4 is 17.9 Å². The number of carbonyl (C=O) groups excluding carboxylic acids is 3. The van der Waals surface area contributed by atoms with Crippen LogP contribution in [0.4, 0.5) is 0 Å². The first kappa shape index (κ1) is 24.4. The average Bonchev–Trinajstić information content (AvgIpc) is 2.84. The van der Waals surface area contributed by atoms with E-state index in [-0.39, 0.29) is 0 Å². The van der Waals surface area contributed by atoms with Crippen LogP contribution in [0.2, 0.25) is 0 Å². The fraction of sp³-hybridized carbons (Fsp3) is 0.864. The number of cyclic esters (lactones) is 1. The van der Waals surface area contributed by atoms with Crippen LogP contribution in [0.5, 0.6) is 0 Å². The molecule has 0 amide bonds.